The van der Waals surface area contributed by atoms with E-state index in [1.165, 1.54) is 59.3 Å². The van der Waals surface area contributed by atoms with Gasteiger partial charge >= 0.3 is 11.8 Å². The third kappa shape index (κ3) is 8.44. The number of aromatic hydroxyl groups is 1. The summed E-state index contributed by atoms with van der Waals surface area (Å²) < 4.78 is 30.4. The molecule has 4 aromatic rings. The summed E-state index contributed by atoms with van der Waals surface area (Å²) in [6, 6.07) is 2.96. The number of benzene rings is 3. The maximum absolute atomic E-state index is 14.8. The normalized spacial score (nSPS) is 29.6. The molecule has 0 spiro atoms. The molecule has 2 amide bonds. The summed E-state index contributed by atoms with van der Waals surface area (Å²) in [6.45, 7) is 14.2. The highest BCUT2D eigenvalue weighted by Gasteiger charge is 2.44. The van der Waals surface area contributed by atoms with E-state index in [0.717, 1.165) is 6.41 Å². The minimum absolute atomic E-state index is 0.0321. The molecule has 1 saturated heterocycles. The Morgan fingerprint density at radius 3 is 2.30 bits per heavy atom. The molecular weight excluding hydrogens is 857 g/mol. The molecule has 5 N–H and O–H groups in total. The van der Waals surface area contributed by atoms with Gasteiger partial charge in [0.25, 0.3) is 5.91 Å². The largest absolute Gasteiger partial charge is 0.507 e. The number of fused-ring (bicyclic) bond motifs is 2. The van der Waals surface area contributed by atoms with Crippen molar-refractivity contribution in [3.8, 4) is 11.5 Å². The molecular formula is C48H56N4O14. The number of carbonyl (C=O) groups excluding carboxylic acids is 3. The molecule has 1 aromatic heterocycles. The minimum Gasteiger partial charge on any atom is -0.507 e. The number of amides is 2. The van der Waals surface area contributed by atoms with E-state index in [4.69, 9.17) is 28.3 Å². The number of allylic oxidation sites excluding steroid dienone is 2. The molecule has 9 atom stereocenters. The SMILES string of the molecule is CO[C@H]1/C=C/O[C@@]2(C)Oc3c(C)c(O)c4c(=O)c(c5oc6cc(N7CCN(C=O)CC7)cc(=O)c6nc5c4c3=C2O)NC(=O)/C(C)=C\C=C\[C@H](C)[C@H](O)[C@@H](C)[C@@H](O)[C@@H](C)[C@H](OC(C)=O)[C@@H]1C. The lowest BCUT2D eigenvalue weighted by Gasteiger charge is -2.38. The van der Waals surface area contributed by atoms with E-state index >= 15 is 0 Å². The summed E-state index contributed by atoms with van der Waals surface area (Å²) in [6.07, 6.45) is 4.18. The van der Waals surface area contributed by atoms with E-state index in [1.54, 1.807) is 50.8 Å². The molecule has 4 bridgehead atoms. The van der Waals surface area contributed by atoms with Crippen LogP contribution in [0.4, 0.5) is 11.4 Å². The number of methoxy groups -OCH3 is 1. The minimum atomic E-state index is -2.00. The van der Waals surface area contributed by atoms with Crippen LogP contribution in [0.25, 0.3) is 38.7 Å². The number of carbonyl (C=O) groups is 3. The second-order valence-electron chi connectivity index (χ2n) is 17.7. The van der Waals surface area contributed by atoms with E-state index in [9.17, 15) is 44.4 Å². The van der Waals surface area contributed by atoms with E-state index in [1.807, 2.05) is 4.90 Å². The number of esters is 1. The molecule has 0 radical (unpaired) electrons. The molecule has 3 aromatic carbocycles. The van der Waals surface area contributed by atoms with Crippen molar-refractivity contribution in [3.05, 3.63) is 79.5 Å². The Hall–Kier alpha value is -6.50. The van der Waals surface area contributed by atoms with Gasteiger partial charge in [0, 0.05) is 105 Å². The number of rotatable bonds is 4. The number of nitrogens with zero attached hydrogens (tertiary/aromatic N) is 3. The fourth-order valence-corrected chi connectivity index (χ4v) is 9.14. The van der Waals surface area contributed by atoms with Crippen LogP contribution >= 0.6 is 0 Å². The average Bonchev–Trinajstić information content (AvgIpc) is 3.56. The summed E-state index contributed by atoms with van der Waals surface area (Å²) >= 11 is 0. The summed E-state index contributed by atoms with van der Waals surface area (Å²) in [7, 11) is 1.43. The van der Waals surface area contributed by atoms with E-state index in [2.05, 4.69) is 5.32 Å². The van der Waals surface area contributed by atoms with E-state index in [-0.39, 0.29) is 55.1 Å². The van der Waals surface area contributed by atoms with Gasteiger partial charge in [0.05, 0.1) is 35.2 Å². The van der Waals surface area contributed by atoms with Crippen molar-refractivity contribution >= 4 is 68.4 Å². The molecule has 352 valence electrons. The summed E-state index contributed by atoms with van der Waals surface area (Å²) in [5.41, 5.74) is -1.87. The standard InChI is InChI=1S/C48H56N4O14/c1-22-11-10-12-23(2)47(61)50-38-42(59)34-33(37-45(38)65-32-20-29(19-30(55)36(32)49-37)52-16-14-51(21-53)15-17-52)35-44(27(6)41(34)58)66-48(8,46(35)60)63-18-13-31(62-9)24(3)43(64-28(7)54)26(5)40(57)25(4)39(22)56/h10-13,18-22,24-26,31,39-40,43,56-58,60H,14-17H2,1-9H3,(H,50,61)/b11-10+,18-13+,23-12-/t22-,24+,25+,26+,31-,39-,40+,43+,48-/m0/s1. The smallest absolute Gasteiger partial charge is 0.307 e. The molecule has 18 nitrogen and oxygen atoms in total. The Bertz CT molecular complexity index is 2880. The first-order chi connectivity index (χ1) is 31.2. The second kappa shape index (κ2) is 18.4. The van der Waals surface area contributed by atoms with Crippen LogP contribution < -0.4 is 31.0 Å². The van der Waals surface area contributed by atoms with Gasteiger partial charge in [0.2, 0.25) is 17.3 Å². The predicted octanol–water partition coefficient (Wildman–Crippen LogP) is 3.84. The van der Waals surface area contributed by atoms with Gasteiger partial charge in [-0.05, 0) is 19.9 Å². The van der Waals surface area contributed by atoms with Crippen LogP contribution in [0.1, 0.15) is 54.0 Å². The van der Waals surface area contributed by atoms with Crippen molar-refractivity contribution < 1.29 is 58.2 Å². The number of aliphatic hydroxyl groups excluding tert-OH is 3. The van der Waals surface area contributed by atoms with Gasteiger partial charge in [0.1, 0.15) is 28.8 Å². The predicted molar refractivity (Wildman–Crippen MR) is 245 cm³/mol. The second-order valence-corrected chi connectivity index (χ2v) is 17.7. The van der Waals surface area contributed by atoms with Crippen LogP contribution in [0, 0.1) is 30.6 Å². The third-order valence-electron chi connectivity index (χ3n) is 13.2. The molecule has 1 fully saturated rings. The van der Waals surface area contributed by atoms with Gasteiger partial charge in [-0.3, -0.25) is 24.0 Å². The van der Waals surface area contributed by atoms with Gasteiger partial charge in [-0.1, -0.05) is 45.9 Å². The number of hydrogen-bond donors (Lipinski definition) is 5. The highest BCUT2D eigenvalue weighted by Crippen LogP contribution is 2.42. The lowest BCUT2D eigenvalue weighted by Crippen LogP contribution is -2.46. The third-order valence-corrected chi connectivity index (χ3v) is 13.2. The zero-order chi connectivity index (χ0) is 48.1. The topological polar surface area (TPSA) is 248 Å². The molecule has 4 heterocycles. The lowest BCUT2D eigenvalue weighted by molar-refractivity contribution is -0.160. The maximum Gasteiger partial charge on any atom is 0.307 e. The Balaban J connectivity index is 1.48. The van der Waals surface area contributed by atoms with E-state index in [0.29, 0.717) is 31.9 Å². The van der Waals surface area contributed by atoms with Crippen LogP contribution in [0.5, 0.6) is 11.5 Å². The highest BCUT2D eigenvalue weighted by molar-refractivity contribution is 6.16. The fraction of sp³-hybridized carbons (Fsp3) is 0.458. The number of phenols is 1. The number of aliphatic hydroxyl groups is 3. The molecule has 0 saturated carbocycles. The Morgan fingerprint density at radius 2 is 1.65 bits per heavy atom. The van der Waals surface area contributed by atoms with Gasteiger partial charge < -0.3 is 58.9 Å². The molecule has 66 heavy (non-hydrogen) atoms. The van der Waals surface area contributed by atoms with Crippen LogP contribution in [-0.2, 0) is 28.6 Å². The zero-order valence-electron chi connectivity index (χ0n) is 38.3. The van der Waals surface area contributed by atoms with Crippen molar-refractivity contribution in [2.45, 2.75) is 85.6 Å². The number of phenolic OH excluding ortho intramolecular Hbond substituents is 1. The first-order valence-electron chi connectivity index (χ1n) is 21.8. The fourth-order valence-electron chi connectivity index (χ4n) is 9.14. The van der Waals surface area contributed by atoms with Crippen LogP contribution in [0.2, 0.25) is 0 Å². The number of nitrogens with one attached hydrogen (secondary N) is 1. The zero-order valence-corrected chi connectivity index (χ0v) is 38.3. The average molecular weight is 913 g/mol. The van der Waals surface area contributed by atoms with Gasteiger partial charge in [-0.2, -0.15) is 0 Å². The first kappa shape index (κ1) is 47.5. The van der Waals surface area contributed by atoms with Crippen LogP contribution in [0.3, 0.4) is 0 Å². The highest BCUT2D eigenvalue weighted by atomic mass is 16.7. The van der Waals surface area contributed by atoms with Gasteiger partial charge in [-0.15, -0.1) is 0 Å². The Kier molecular flexibility index (Phi) is 13.2. The number of hydrogen-bond acceptors (Lipinski definition) is 16. The summed E-state index contributed by atoms with van der Waals surface area (Å²) in [4.78, 5) is 74.8. The number of ether oxygens (including phenoxy) is 4. The van der Waals surface area contributed by atoms with Crippen molar-refractivity contribution in [2.24, 2.45) is 23.7 Å². The van der Waals surface area contributed by atoms with Crippen molar-refractivity contribution in [1.82, 2.24) is 9.88 Å². The maximum atomic E-state index is 14.8. The molecule has 3 aliphatic rings. The Labute approximate surface area is 379 Å². The molecule has 0 unspecified atom stereocenters. The summed E-state index contributed by atoms with van der Waals surface area (Å²) in [5.74, 6) is -7.10. The van der Waals surface area contributed by atoms with Gasteiger partial charge in [0.15, 0.2) is 22.4 Å². The molecule has 7 rings (SSSR count). The lowest BCUT2D eigenvalue weighted by atomic mass is 9.78. The monoisotopic (exact) mass is 912 g/mol. The van der Waals surface area contributed by atoms with Crippen LogP contribution in [0.15, 0.2) is 62.3 Å². The van der Waals surface area contributed by atoms with Crippen molar-refractivity contribution in [1.29, 1.82) is 0 Å². The molecule has 18 heteroatoms. The van der Waals surface area contributed by atoms with Crippen LogP contribution in [-0.4, -0.2) is 112 Å². The Morgan fingerprint density at radius 1 is 0.955 bits per heavy atom. The quantitative estimate of drug-likeness (QED) is 0.0845. The van der Waals surface area contributed by atoms with Crippen molar-refractivity contribution in [3.63, 3.8) is 0 Å². The summed E-state index contributed by atoms with van der Waals surface area (Å²) in [5, 5.41) is 49.0. The van der Waals surface area contributed by atoms with E-state index < -0.39 is 93.8 Å². The number of anilines is 2. The number of piperazine rings is 1. The van der Waals surface area contributed by atoms with Gasteiger partial charge in [-0.25, -0.2) is 4.98 Å². The van der Waals surface area contributed by atoms with Crippen molar-refractivity contribution in [2.75, 3.05) is 43.5 Å². The first-order valence-corrected chi connectivity index (χ1v) is 21.8. The molecule has 3 aliphatic heterocycles. The number of aromatic nitrogens is 1. The molecule has 0 aliphatic carbocycles.